The lowest BCUT2D eigenvalue weighted by Crippen LogP contribution is -2.33. The van der Waals surface area contributed by atoms with Gasteiger partial charge in [0.15, 0.2) is 0 Å². The minimum atomic E-state index is -0.0218. The third-order valence-corrected chi connectivity index (χ3v) is 3.60. The second-order valence-electron chi connectivity index (χ2n) is 4.83. The van der Waals surface area contributed by atoms with Crippen LogP contribution in [0.15, 0.2) is 35.4 Å². The number of carbonyl (C=O) groups excluding carboxylic acids is 1. The van der Waals surface area contributed by atoms with Crippen LogP contribution in [-0.2, 0) is 4.79 Å². The number of nitrogens with zero attached hydrogens (tertiary/aromatic N) is 2. The number of amides is 1. The van der Waals surface area contributed by atoms with Crippen molar-refractivity contribution in [3.05, 3.63) is 35.9 Å². The molecule has 1 aromatic carbocycles. The fraction of sp³-hybridized carbons (Fsp3) is 0.467. The molecule has 102 valence electrons. The molecule has 1 aliphatic rings. The van der Waals surface area contributed by atoms with Crippen molar-refractivity contribution in [1.29, 1.82) is 0 Å². The van der Waals surface area contributed by atoms with E-state index in [1.165, 1.54) is 0 Å². The Kier molecular flexibility index (Phi) is 4.68. The lowest BCUT2D eigenvalue weighted by molar-refractivity contribution is -0.137. The molecule has 1 aromatic rings. The molecule has 0 fully saturated rings. The van der Waals surface area contributed by atoms with Crippen LogP contribution in [0.1, 0.15) is 37.8 Å². The summed E-state index contributed by atoms with van der Waals surface area (Å²) in [6.07, 6.45) is 4.14. The zero-order valence-electron chi connectivity index (χ0n) is 11.3. The molecule has 0 bridgehead atoms. The summed E-state index contributed by atoms with van der Waals surface area (Å²) in [5.74, 6) is 0.0713. The van der Waals surface area contributed by atoms with Gasteiger partial charge in [-0.2, -0.15) is 5.10 Å². The lowest BCUT2D eigenvalue weighted by Gasteiger charge is -2.26. The van der Waals surface area contributed by atoms with Crippen molar-refractivity contribution >= 4 is 12.1 Å². The van der Waals surface area contributed by atoms with Crippen LogP contribution < -0.4 is 5.73 Å². The largest absolute Gasteiger partial charge is 0.330 e. The fourth-order valence-corrected chi connectivity index (χ4v) is 2.47. The van der Waals surface area contributed by atoms with Crippen LogP contribution in [0.2, 0.25) is 0 Å². The second kappa shape index (κ2) is 6.48. The smallest absolute Gasteiger partial charge is 0.246 e. The van der Waals surface area contributed by atoms with Crippen LogP contribution >= 0.6 is 0 Å². The van der Waals surface area contributed by atoms with Crippen molar-refractivity contribution in [3.63, 3.8) is 0 Å². The number of nitrogens with two attached hydrogens (primary N) is 1. The molecule has 0 saturated heterocycles. The van der Waals surface area contributed by atoms with Gasteiger partial charge in [0.1, 0.15) is 0 Å². The molecule has 2 unspecified atom stereocenters. The first-order valence-electron chi connectivity index (χ1n) is 6.88. The monoisotopic (exact) mass is 259 g/mol. The SMILES string of the molecule is CCC(CCN)C(=O)N1N=CCC1c1ccccc1. The van der Waals surface area contributed by atoms with Gasteiger partial charge in [0, 0.05) is 18.6 Å². The van der Waals surface area contributed by atoms with E-state index in [1.807, 2.05) is 43.5 Å². The molecule has 0 saturated carbocycles. The molecule has 0 radical (unpaired) electrons. The predicted molar refractivity (Wildman–Crippen MR) is 76.6 cm³/mol. The first-order valence-corrected chi connectivity index (χ1v) is 6.88. The highest BCUT2D eigenvalue weighted by atomic mass is 16.2. The summed E-state index contributed by atoms with van der Waals surface area (Å²) < 4.78 is 0. The molecule has 19 heavy (non-hydrogen) atoms. The summed E-state index contributed by atoms with van der Waals surface area (Å²) >= 11 is 0. The Morgan fingerprint density at radius 1 is 1.47 bits per heavy atom. The molecule has 1 amide bonds. The molecular weight excluding hydrogens is 238 g/mol. The predicted octanol–water partition coefficient (Wildman–Crippen LogP) is 2.32. The van der Waals surface area contributed by atoms with Gasteiger partial charge in [-0.05, 0) is 24.9 Å². The third-order valence-electron chi connectivity index (χ3n) is 3.60. The molecule has 4 nitrogen and oxygen atoms in total. The molecule has 4 heteroatoms. The highest BCUT2D eigenvalue weighted by Crippen LogP contribution is 2.30. The van der Waals surface area contributed by atoms with Gasteiger partial charge in [-0.15, -0.1) is 0 Å². The minimum Gasteiger partial charge on any atom is -0.330 e. The molecule has 2 atom stereocenters. The molecule has 2 rings (SSSR count). The topological polar surface area (TPSA) is 58.7 Å². The molecule has 0 spiro atoms. The summed E-state index contributed by atoms with van der Waals surface area (Å²) in [6.45, 7) is 2.56. The summed E-state index contributed by atoms with van der Waals surface area (Å²) in [6, 6.07) is 10.1. The average Bonchev–Trinajstić information content (AvgIpc) is 2.94. The Labute approximate surface area is 114 Å². The van der Waals surface area contributed by atoms with Crippen LogP contribution in [-0.4, -0.2) is 23.7 Å². The summed E-state index contributed by atoms with van der Waals surface area (Å²) in [4.78, 5) is 12.5. The normalized spacial score (nSPS) is 19.7. The van der Waals surface area contributed by atoms with E-state index < -0.39 is 0 Å². The molecule has 2 N–H and O–H groups in total. The van der Waals surface area contributed by atoms with Crippen molar-refractivity contribution in [2.45, 2.75) is 32.2 Å². The molecule has 0 aliphatic carbocycles. The van der Waals surface area contributed by atoms with Gasteiger partial charge in [-0.1, -0.05) is 37.3 Å². The van der Waals surface area contributed by atoms with E-state index in [2.05, 4.69) is 5.10 Å². The Morgan fingerprint density at radius 2 is 2.21 bits per heavy atom. The van der Waals surface area contributed by atoms with Gasteiger partial charge in [0.2, 0.25) is 5.91 Å². The maximum absolute atomic E-state index is 12.5. The van der Waals surface area contributed by atoms with E-state index in [9.17, 15) is 4.79 Å². The molecule has 1 aliphatic heterocycles. The summed E-state index contributed by atoms with van der Waals surface area (Å²) in [5, 5.41) is 5.90. The first kappa shape index (κ1) is 13.7. The fourth-order valence-electron chi connectivity index (χ4n) is 2.47. The lowest BCUT2D eigenvalue weighted by atomic mass is 9.98. The number of hydrogen-bond acceptors (Lipinski definition) is 3. The van der Waals surface area contributed by atoms with Gasteiger partial charge in [0.25, 0.3) is 0 Å². The molecule has 1 heterocycles. The van der Waals surface area contributed by atoms with Gasteiger partial charge < -0.3 is 5.73 Å². The molecule has 0 aromatic heterocycles. The second-order valence-corrected chi connectivity index (χ2v) is 4.83. The first-order chi connectivity index (χ1) is 9.27. The van der Waals surface area contributed by atoms with Crippen LogP contribution in [0.4, 0.5) is 0 Å². The van der Waals surface area contributed by atoms with Gasteiger partial charge in [-0.25, -0.2) is 5.01 Å². The summed E-state index contributed by atoms with van der Waals surface area (Å²) in [5.41, 5.74) is 6.71. The molecular formula is C15H21N3O. The minimum absolute atomic E-state index is 0.0218. The van der Waals surface area contributed by atoms with Gasteiger partial charge >= 0.3 is 0 Å². The zero-order chi connectivity index (χ0) is 13.7. The van der Waals surface area contributed by atoms with E-state index in [-0.39, 0.29) is 17.9 Å². The quantitative estimate of drug-likeness (QED) is 0.882. The van der Waals surface area contributed by atoms with E-state index in [4.69, 9.17) is 5.73 Å². The zero-order valence-corrected chi connectivity index (χ0v) is 11.3. The van der Waals surface area contributed by atoms with Gasteiger partial charge in [-0.3, -0.25) is 4.79 Å². The standard InChI is InChI=1S/C15H21N3O/c1-2-12(8-10-16)15(19)18-14(9-11-17-18)13-6-4-3-5-7-13/h3-7,11-12,14H,2,8-10,16H2,1H3. The van der Waals surface area contributed by atoms with Crippen LogP contribution in [0, 0.1) is 5.92 Å². The number of benzene rings is 1. The van der Waals surface area contributed by atoms with Crippen LogP contribution in [0.5, 0.6) is 0 Å². The van der Waals surface area contributed by atoms with E-state index in [1.54, 1.807) is 5.01 Å². The van der Waals surface area contributed by atoms with Crippen molar-refractivity contribution in [3.8, 4) is 0 Å². The Bertz CT molecular complexity index is 444. The van der Waals surface area contributed by atoms with Crippen molar-refractivity contribution < 1.29 is 4.79 Å². The number of carbonyl (C=O) groups is 1. The average molecular weight is 259 g/mol. The Hall–Kier alpha value is -1.68. The maximum Gasteiger partial charge on any atom is 0.246 e. The Morgan fingerprint density at radius 3 is 2.84 bits per heavy atom. The maximum atomic E-state index is 12.5. The highest BCUT2D eigenvalue weighted by molar-refractivity contribution is 5.81. The van der Waals surface area contributed by atoms with Crippen molar-refractivity contribution in [2.75, 3.05) is 6.54 Å². The van der Waals surface area contributed by atoms with E-state index in [0.717, 1.165) is 24.8 Å². The number of hydrogen-bond donors (Lipinski definition) is 1. The van der Waals surface area contributed by atoms with E-state index >= 15 is 0 Å². The number of rotatable bonds is 5. The summed E-state index contributed by atoms with van der Waals surface area (Å²) in [7, 11) is 0. The third kappa shape index (κ3) is 3.01. The Balaban J connectivity index is 2.14. The number of hydrazone groups is 1. The van der Waals surface area contributed by atoms with Crippen molar-refractivity contribution in [1.82, 2.24) is 5.01 Å². The van der Waals surface area contributed by atoms with E-state index in [0.29, 0.717) is 6.54 Å². The van der Waals surface area contributed by atoms with Gasteiger partial charge in [0.05, 0.1) is 6.04 Å². The van der Waals surface area contributed by atoms with Crippen molar-refractivity contribution in [2.24, 2.45) is 16.8 Å². The highest BCUT2D eigenvalue weighted by Gasteiger charge is 2.31. The van der Waals surface area contributed by atoms with Crippen LogP contribution in [0.3, 0.4) is 0 Å². The van der Waals surface area contributed by atoms with Crippen LogP contribution in [0.25, 0.3) is 0 Å².